The smallest absolute Gasteiger partial charge is 0.343 e. The van der Waals surface area contributed by atoms with E-state index < -0.39 is 5.97 Å². The third kappa shape index (κ3) is 3.32. The van der Waals surface area contributed by atoms with Crippen LogP contribution < -0.4 is 4.74 Å². The zero-order valence-corrected chi connectivity index (χ0v) is 11.0. The summed E-state index contributed by atoms with van der Waals surface area (Å²) in [5.74, 6) is 0.0768. The topological polar surface area (TPSA) is 26.3 Å². The van der Waals surface area contributed by atoms with Crippen molar-refractivity contribution in [2.45, 2.75) is 0 Å². The summed E-state index contributed by atoms with van der Waals surface area (Å²) in [7, 11) is 0. The number of carbonyl (C=O) groups is 1. The van der Waals surface area contributed by atoms with E-state index >= 15 is 0 Å². The molecule has 2 nitrogen and oxygen atoms in total. The molecule has 0 saturated heterocycles. The Morgan fingerprint density at radius 1 is 1.12 bits per heavy atom. The molecule has 0 saturated carbocycles. The second-order valence-electron chi connectivity index (χ2n) is 3.35. The van der Waals surface area contributed by atoms with Crippen LogP contribution in [0, 0.1) is 0 Å². The van der Waals surface area contributed by atoms with E-state index in [2.05, 4.69) is 15.9 Å². The molecule has 0 heterocycles. The lowest BCUT2D eigenvalue weighted by Gasteiger charge is -2.04. The maximum atomic E-state index is 11.8. The number of carbonyl (C=O) groups excluding carboxylic acids is 1. The zero-order valence-electron chi connectivity index (χ0n) is 8.69. The fourth-order valence-corrected chi connectivity index (χ4v) is 1.81. The van der Waals surface area contributed by atoms with Gasteiger partial charge in [-0.1, -0.05) is 33.6 Å². The lowest BCUT2D eigenvalue weighted by atomic mass is 10.2. The average Bonchev–Trinajstić information content (AvgIpc) is 2.32. The lowest BCUT2D eigenvalue weighted by molar-refractivity contribution is 0.0734. The summed E-state index contributed by atoms with van der Waals surface area (Å²) < 4.78 is 6.03. The molecule has 17 heavy (non-hydrogen) atoms. The Morgan fingerprint density at radius 2 is 1.82 bits per heavy atom. The minimum atomic E-state index is -0.395. The molecule has 0 fully saturated rings. The van der Waals surface area contributed by atoms with Gasteiger partial charge in [-0.2, -0.15) is 0 Å². The van der Waals surface area contributed by atoms with Crippen LogP contribution in [0.5, 0.6) is 5.75 Å². The largest absolute Gasteiger partial charge is 0.423 e. The first-order chi connectivity index (χ1) is 8.15. The van der Waals surface area contributed by atoms with Crippen LogP contribution in [-0.2, 0) is 0 Å². The van der Waals surface area contributed by atoms with Gasteiger partial charge in [-0.05, 0) is 42.5 Å². The summed E-state index contributed by atoms with van der Waals surface area (Å²) in [4.78, 5) is 11.8. The summed E-state index contributed by atoms with van der Waals surface area (Å²) in [6.45, 7) is 0. The normalized spacial score (nSPS) is 10.0. The van der Waals surface area contributed by atoms with Crippen molar-refractivity contribution in [2.24, 2.45) is 0 Å². The molecule has 4 heteroatoms. The minimum absolute atomic E-state index is 0.395. The highest BCUT2D eigenvalue weighted by Crippen LogP contribution is 2.18. The van der Waals surface area contributed by atoms with E-state index in [0.717, 1.165) is 4.47 Å². The van der Waals surface area contributed by atoms with Crippen LogP contribution in [0.3, 0.4) is 0 Å². The Kier molecular flexibility index (Phi) is 3.82. The summed E-state index contributed by atoms with van der Waals surface area (Å²) in [5.41, 5.74) is 0.495. The van der Waals surface area contributed by atoms with E-state index in [-0.39, 0.29) is 0 Å². The molecule has 0 amide bonds. The van der Waals surface area contributed by atoms with E-state index in [1.165, 1.54) is 0 Å². The highest BCUT2D eigenvalue weighted by atomic mass is 79.9. The van der Waals surface area contributed by atoms with Crippen LogP contribution in [0.1, 0.15) is 10.4 Å². The number of hydrogen-bond donors (Lipinski definition) is 0. The van der Waals surface area contributed by atoms with Crippen LogP contribution in [-0.4, -0.2) is 5.97 Å². The summed E-state index contributed by atoms with van der Waals surface area (Å²) >= 11 is 9.04. The van der Waals surface area contributed by atoms with Crippen LogP contribution in [0.2, 0.25) is 5.02 Å². The molecule has 0 N–H and O–H groups in total. The van der Waals surface area contributed by atoms with Gasteiger partial charge in [0.05, 0.1) is 5.56 Å². The molecule has 86 valence electrons. The van der Waals surface area contributed by atoms with Crippen LogP contribution >= 0.6 is 27.5 Å². The zero-order chi connectivity index (χ0) is 12.3. The number of ether oxygens (including phenoxy) is 1. The molecular formula is C13H8BrClO2. The van der Waals surface area contributed by atoms with Crippen LogP contribution in [0.4, 0.5) is 0 Å². The Bertz CT molecular complexity index is 537. The lowest BCUT2D eigenvalue weighted by Crippen LogP contribution is -2.08. The molecule has 0 aromatic heterocycles. The van der Waals surface area contributed by atoms with Gasteiger partial charge >= 0.3 is 5.97 Å². The molecule has 0 bridgehead atoms. The van der Waals surface area contributed by atoms with Crippen molar-refractivity contribution >= 4 is 33.5 Å². The van der Waals surface area contributed by atoms with Gasteiger partial charge < -0.3 is 4.74 Å². The second kappa shape index (κ2) is 5.34. The number of hydrogen-bond acceptors (Lipinski definition) is 2. The van der Waals surface area contributed by atoms with Gasteiger partial charge in [-0.25, -0.2) is 4.79 Å². The first-order valence-corrected chi connectivity index (χ1v) is 6.05. The summed E-state index contributed by atoms with van der Waals surface area (Å²) in [6, 6.07) is 13.7. The quantitative estimate of drug-likeness (QED) is 0.610. The molecule has 2 aromatic carbocycles. The highest BCUT2D eigenvalue weighted by Gasteiger charge is 2.08. The Labute approximate surface area is 112 Å². The van der Waals surface area contributed by atoms with Crippen molar-refractivity contribution in [2.75, 3.05) is 0 Å². The Balaban J connectivity index is 2.14. The summed E-state index contributed by atoms with van der Waals surface area (Å²) in [6.07, 6.45) is 0. The standard InChI is InChI=1S/C13H8BrClO2/c14-10-3-1-2-9(8-10)13(16)17-12-6-4-11(15)5-7-12/h1-8H. The molecule has 0 aliphatic rings. The maximum Gasteiger partial charge on any atom is 0.343 e. The molecule has 0 aliphatic carbocycles. The predicted molar refractivity (Wildman–Crippen MR) is 70.6 cm³/mol. The first kappa shape index (κ1) is 12.1. The molecule has 2 rings (SSSR count). The van der Waals surface area contributed by atoms with Gasteiger partial charge in [-0.15, -0.1) is 0 Å². The SMILES string of the molecule is O=C(Oc1ccc(Cl)cc1)c1cccc(Br)c1. The van der Waals surface area contributed by atoms with Gasteiger partial charge in [0.2, 0.25) is 0 Å². The summed E-state index contributed by atoms with van der Waals surface area (Å²) in [5, 5.41) is 0.604. The number of rotatable bonds is 2. The third-order valence-electron chi connectivity index (χ3n) is 2.08. The monoisotopic (exact) mass is 310 g/mol. The molecule has 0 radical (unpaired) electrons. The molecule has 2 aromatic rings. The second-order valence-corrected chi connectivity index (χ2v) is 4.71. The van der Waals surface area contributed by atoms with Gasteiger partial charge in [0.1, 0.15) is 5.75 Å². The first-order valence-electron chi connectivity index (χ1n) is 4.88. The Morgan fingerprint density at radius 3 is 2.47 bits per heavy atom. The fraction of sp³-hybridized carbons (Fsp3) is 0. The number of benzene rings is 2. The van der Waals surface area contributed by atoms with Gasteiger partial charge in [0.15, 0.2) is 0 Å². The average molecular weight is 312 g/mol. The minimum Gasteiger partial charge on any atom is -0.423 e. The van der Waals surface area contributed by atoms with Crippen molar-refractivity contribution in [3.63, 3.8) is 0 Å². The number of esters is 1. The molecule has 0 aliphatic heterocycles. The van der Waals surface area contributed by atoms with Crippen molar-refractivity contribution < 1.29 is 9.53 Å². The third-order valence-corrected chi connectivity index (χ3v) is 2.83. The van der Waals surface area contributed by atoms with Crippen molar-refractivity contribution in [1.29, 1.82) is 0 Å². The van der Waals surface area contributed by atoms with Crippen LogP contribution in [0.15, 0.2) is 53.0 Å². The van der Waals surface area contributed by atoms with Crippen molar-refractivity contribution in [3.8, 4) is 5.75 Å². The van der Waals surface area contributed by atoms with E-state index in [9.17, 15) is 4.79 Å². The van der Waals surface area contributed by atoms with E-state index in [4.69, 9.17) is 16.3 Å². The van der Waals surface area contributed by atoms with E-state index in [0.29, 0.717) is 16.3 Å². The van der Waals surface area contributed by atoms with Crippen molar-refractivity contribution in [3.05, 3.63) is 63.6 Å². The van der Waals surface area contributed by atoms with E-state index in [1.54, 1.807) is 42.5 Å². The molecule has 0 atom stereocenters. The highest BCUT2D eigenvalue weighted by molar-refractivity contribution is 9.10. The van der Waals surface area contributed by atoms with Gasteiger partial charge in [-0.3, -0.25) is 0 Å². The molecule has 0 unspecified atom stereocenters. The molecule has 0 spiro atoms. The van der Waals surface area contributed by atoms with Gasteiger partial charge in [0, 0.05) is 9.50 Å². The Hall–Kier alpha value is -1.32. The fourth-order valence-electron chi connectivity index (χ4n) is 1.28. The predicted octanol–water partition coefficient (Wildman–Crippen LogP) is 4.32. The maximum absolute atomic E-state index is 11.8. The van der Waals surface area contributed by atoms with Crippen molar-refractivity contribution in [1.82, 2.24) is 0 Å². The van der Waals surface area contributed by atoms with Gasteiger partial charge in [0.25, 0.3) is 0 Å². The number of halogens is 2. The van der Waals surface area contributed by atoms with E-state index in [1.807, 2.05) is 6.07 Å². The van der Waals surface area contributed by atoms with Crippen LogP contribution in [0.25, 0.3) is 0 Å². The molecular weight excluding hydrogens is 303 g/mol.